The van der Waals surface area contributed by atoms with Crippen molar-refractivity contribution in [3.63, 3.8) is 0 Å². The Labute approximate surface area is 110 Å². The molecule has 0 atom stereocenters. The van der Waals surface area contributed by atoms with Gasteiger partial charge in [-0.2, -0.15) is 5.26 Å². The zero-order valence-corrected chi connectivity index (χ0v) is 10.1. The van der Waals surface area contributed by atoms with E-state index in [-0.39, 0.29) is 5.56 Å². The van der Waals surface area contributed by atoms with Gasteiger partial charge in [-0.15, -0.1) is 0 Å². The third kappa shape index (κ3) is 3.39. The highest BCUT2D eigenvalue weighted by Crippen LogP contribution is 2.17. The second kappa shape index (κ2) is 6.31. The molecule has 0 spiro atoms. The van der Waals surface area contributed by atoms with Gasteiger partial charge in [-0.25, -0.2) is 14.4 Å². The molecule has 1 aromatic heterocycles. The Balaban J connectivity index is 1.87. The number of hydrogen-bond donors (Lipinski definition) is 2. The van der Waals surface area contributed by atoms with Crippen LogP contribution in [0.2, 0.25) is 0 Å². The Morgan fingerprint density at radius 2 is 1.84 bits per heavy atom. The fourth-order valence-electron chi connectivity index (χ4n) is 1.55. The van der Waals surface area contributed by atoms with Crippen LogP contribution in [-0.4, -0.2) is 23.1 Å². The summed E-state index contributed by atoms with van der Waals surface area (Å²) >= 11 is 0. The Morgan fingerprint density at radius 1 is 1.11 bits per heavy atom. The van der Waals surface area contributed by atoms with Crippen LogP contribution in [-0.2, 0) is 0 Å². The smallest absolute Gasteiger partial charge is 0.222 e. The predicted octanol–water partition coefficient (Wildman–Crippen LogP) is 2.01. The van der Waals surface area contributed by atoms with E-state index in [2.05, 4.69) is 20.6 Å². The van der Waals surface area contributed by atoms with Crippen LogP contribution >= 0.6 is 0 Å². The molecule has 96 valence electrons. The SMILES string of the molecule is N#Cc1c(F)cccc1NCCNc1ncccn1. The van der Waals surface area contributed by atoms with E-state index in [1.165, 1.54) is 6.07 Å². The third-order valence-corrected chi connectivity index (χ3v) is 2.41. The van der Waals surface area contributed by atoms with Gasteiger partial charge in [0.15, 0.2) is 0 Å². The van der Waals surface area contributed by atoms with Crippen LogP contribution in [0.15, 0.2) is 36.7 Å². The topological polar surface area (TPSA) is 73.6 Å². The summed E-state index contributed by atoms with van der Waals surface area (Å²) in [6.07, 6.45) is 3.28. The van der Waals surface area contributed by atoms with Gasteiger partial charge in [0.05, 0.1) is 5.69 Å². The lowest BCUT2D eigenvalue weighted by molar-refractivity contribution is 0.624. The lowest BCUT2D eigenvalue weighted by Gasteiger charge is -2.09. The van der Waals surface area contributed by atoms with Crippen LogP contribution in [0.1, 0.15) is 5.56 Å². The van der Waals surface area contributed by atoms with Crippen LogP contribution in [0.25, 0.3) is 0 Å². The first-order valence-corrected chi connectivity index (χ1v) is 5.74. The molecule has 0 fully saturated rings. The second-order valence-electron chi connectivity index (χ2n) is 3.70. The normalized spacial score (nSPS) is 9.68. The highest BCUT2D eigenvalue weighted by atomic mass is 19.1. The molecule has 19 heavy (non-hydrogen) atoms. The lowest BCUT2D eigenvalue weighted by Crippen LogP contribution is -2.15. The molecule has 2 N–H and O–H groups in total. The summed E-state index contributed by atoms with van der Waals surface area (Å²) in [5.74, 6) is 0.0101. The fourth-order valence-corrected chi connectivity index (χ4v) is 1.55. The average molecular weight is 257 g/mol. The molecule has 2 rings (SSSR count). The van der Waals surface area contributed by atoms with E-state index in [0.29, 0.717) is 24.7 Å². The average Bonchev–Trinajstić information content (AvgIpc) is 2.45. The van der Waals surface area contributed by atoms with Crippen molar-refractivity contribution in [3.8, 4) is 6.07 Å². The van der Waals surface area contributed by atoms with Crippen molar-refractivity contribution in [2.24, 2.45) is 0 Å². The molecule has 0 saturated heterocycles. The van der Waals surface area contributed by atoms with Gasteiger partial charge >= 0.3 is 0 Å². The van der Waals surface area contributed by atoms with Gasteiger partial charge in [-0.3, -0.25) is 0 Å². The van der Waals surface area contributed by atoms with Crippen LogP contribution in [0.3, 0.4) is 0 Å². The Hall–Kier alpha value is -2.68. The summed E-state index contributed by atoms with van der Waals surface area (Å²) in [6, 6.07) is 8.06. The molecule has 0 amide bonds. The van der Waals surface area contributed by atoms with Crippen molar-refractivity contribution in [2.75, 3.05) is 23.7 Å². The minimum absolute atomic E-state index is 0.0264. The highest BCUT2D eigenvalue weighted by Gasteiger charge is 2.06. The summed E-state index contributed by atoms with van der Waals surface area (Å²) < 4.78 is 13.3. The van der Waals surface area contributed by atoms with Crippen molar-refractivity contribution in [3.05, 3.63) is 48.0 Å². The number of nitrogens with zero attached hydrogens (tertiary/aromatic N) is 3. The number of nitrogens with one attached hydrogen (secondary N) is 2. The molecule has 1 aromatic carbocycles. The number of hydrogen-bond acceptors (Lipinski definition) is 5. The number of anilines is 2. The van der Waals surface area contributed by atoms with Crippen LogP contribution in [0.4, 0.5) is 16.0 Å². The zero-order chi connectivity index (χ0) is 13.5. The number of nitriles is 1. The molecule has 0 radical (unpaired) electrons. The van der Waals surface area contributed by atoms with Crippen molar-refractivity contribution < 1.29 is 4.39 Å². The number of aromatic nitrogens is 2. The molecule has 0 unspecified atom stereocenters. The summed E-state index contributed by atoms with van der Waals surface area (Å²) in [4.78, 5) is 8.02. The fraction of sp³-hybridized carbons (Fsp3) is 0.154. The Kier molecular flexibility index (Phi) is 4.24. The van der Waals surface area contributed by atoms with E-state index in [0.717, 1.165) is 0 Å². The van der Waals surface area contributed by atoms with Crippen molar-refractivity contribution in [1.29, 1.82) is 5.26 Å². The van der Waals surface area contributed by atoms with Gasteiger partial charge in [0.25, 0.3) is 0 Å². The molecule has 6 heteroatoms. The van der Waals surface area contributed by atoms with Crippen molar-refractivity contribution >= 4 is 11.6 Å². The number of benzene rings is 1. The monoisotopic (exact) mass is 257 g/mol. The first-order valence-electron chi connectivity index (χ1n) is 5.74. The summed E-state index contributed by atoms with van der Waals surface area (Å²) in [7, 11) is 0. The molecule has 2 aromatic rings. The molecule has 0 aliphatic heterocycles. The van der Waals surface area contributed by atoms with Crippen molar-refractivity contribution in [2.45, 2.75) is 0 Å². The van der Waals surface area contributed by atoms with E-state index in [9.17, 15) is 4.39 Å². The minimum Gasteiger partial charge on any atom is -0.382 e. The number of halogens is 1. The van der Waals surface area contributed by atoms with E-state index in [4.69, 9.17) is 5.26 Å². The molecule has 0 saturated carbocycles. The van der Waals surface area contributed by atoms with Gasteiger partial charge in [0.2, 0.25) is 5.95 Å². The van der Waals surface area contributed by atoms with E-state index in [1.54, 1.807) is 30.6 Å². The summed E-state index contributed by atoms with van der Waals surface area (Å²) in [6.45, 7) is 1.09. The quantitative estimate of drug-likeness (QED) is 0.801. The second-order valence-corrected chi connectivity index (χ2v) is 3.70. The minimum atomic E-state index is -0.521. The van der Waals surface area contributed by atoms with Gasteiger partial charge in [-0.05, 0) is 18.2 Å². The largest absolute Gasteiger partial charge is 0.382 e. The molecule has 0 aliphatic rings. The predicted molar refractivity (Wildman–Crippen MR) is 70.1 cm³/mol. The van der Waals surface area contributed by atoms with E-state index in [1.807, 2.05) is 6.07 Å². The van der Waals surface area contributed by atoms with E-state index >= 15 is 0 Å². The standard InChI is InChI=1S/C13H12FN5/c14-11-3-1-4-12(10(11)9-15)16-7-8-19-13-17-5-2-6-18-13/h1-6,16H,7-8H2,(H,17,18,19). The van der Waals surface area contributed by atoms with E-state index < -0.39 is 5.82 Å². The molecular formula is C13H12FN5. The Bertz CT molecular complexity index is 579. The molecule has 1 heterocycles. The molecule has 0 aliphatic carbocycles. The Morgan fingerprint density at radius 3 is 2.58 bits per heavy atom. The summed E-state index contributed by atoms with van der Waals surface area (Å²) in [5.41, 5.74) is 0.511. The highest BCUT2D eigenvalue weighted by molar-refractivity contribution is 5.57. The van der Waals surface area contributed by atoms with Crippen LogP contribution in [0.5, 0.6) is 0 Å². The first-order chi connectivity index (χ1) is 9.31. The van der Waals surface area contributed by atoms with Gasteiger partial charge in [0.1, 0.15) is 17.4 Å². The van der Waals surface area contributed by atoms with Crippen molar-refractivity contribution in [1.82, 2.24) is 9.97 Å². The summed E-state index contributed by atoms with van der Waals surface area (Å²) in [5, 5.41) is 14.9. The van der Waals surface area contributed by atoms with Gasteiger partial charge in [0, 0.05) is 25.5 Å². The lowest BCUT2D eigenvalue weighted by atomic mass is 10.2. The zero-order valence-electron chi connectivity index (χ0n) is 10.1. The first kappa shape index (κ1) is 12.8. The van der Waals surface area contributed by atoms with Crippen LogP contribution in [0, 0.1) is 17.1 Å². The molecular weight excluding hydrogens is 245 g/mol. The van der Waals surface area contributed by atoms with Gasteiger partial charge < -0.3 is 10.6 Å². The molecule has 5 nitrogen and oxygen atoms in total. The maximum atomic E-state index is 13.3. The maximum Gasteiger partial charge on any atom is 0.222 e. The third-order valence-electron chi connectivity index (χ3n) is 2.41. The van der Waals surface area contributed by atoms with Crippen LogP contribution < -0.4 is 10.6 Å². The van der Waals surface area contributed by atoms with Gasteiger partial charge in [-0.1, -0.05) is 6.07 Å². The molecule has 0 bridgehead atoms. The maximum absolute atomic E-state index is 13.3. The number of rotatable bonds is 5.